The van der Waals surface area contributed by atoms with Crippen LogP contribution in [-0.2, 0) is 4.43 Å². The predicted octanol–water partition coefficient (Wildman–Crippen LogP) is 4.10. The van der Waals surface area contributed by atoms with Crippen LogP contribution in [0.1, 0.15) is 26.2 Å². The summed E-state index contributed by atoms with van der Waals surface area (Å²) in [6, 6.07) is 0. The Morgan fingerprint density at radius 2 is 2.00 bits per heavy atom. The van der Waals surface area contributed by atoms with E-state index in [-0.39, 0.29) is 0 Å². The molecule has 0 bridgehead atoms. The van der Waals surface area contributed by atoms with E-state index in [0.29, 0.717) is 0 Å². The van der Waals surface area contributed by atoms with Crippen LogP contribution in [0.5, 0.6) is 0 Å². The fourth-order valence-electron chi connectivity index (χ4n) is 1.07. The highest BCUT2D eigenvalue weighted by atomic mass is 28.4. The first kappa shape index (κ1) is 12.5. The third kappa shape index (κ3) is 9.41. The van der Waals surface area contributed by atoms with Crippen molar-refractivity contribution in [1.82, 2.24) is 0 Å². The lowest BCUT2D eigenvalue weighted by Crippen LogP contribution is -2.24. The van der Waals surface area contributed by atoms with Crippen molar-refractivity contribution in [3.63, 3.8) is 0 Å². The fraction of sp³-hybridized carbons (Fsp3) is 0.636. The van der Waals surface area contributed by atoms with Gasteiger partial charge in [-0.2, -0.15) is 0 Å². The molecule has 0 fully saturated rings. The Morgan fingerprint density at radius 3 is 2.46 bits per heavy atom. The molecule has 0 spiro atoms. The van der Waals surface area contributed by atoms with Gasteiger partial charge in [-0.3, -0.25) is 0 Å². The van der Waals surface area contributed by atoms with Gasteiger partial charge in [0, 0.05) is 6.42 Å². The molecule has 0 aliphatic rings. The molecule has 0 saturated heterocycles. The normalized spacial score (nSPS) is 12.0. The Bertz CT molecular complexity index is 177. The van der Waals surface area contributed by atoms with Gasteiger partial charge in [0.2, 0.25) is 8.32 Å². The number of hydrogen-bond donors (Lipinski definition) is 0. The molecule has 0 radical (unpaired) electrons. The molecule has 0 saturated carbocycles. The first-order valence-electron chi connectivity index (χ1n) is 4.93. The van der Waals surface area contributed by atoms with E-state index in [2.05, 4.69) is 38.4 Å². The average Bonchev–Trinajstić information content (AvgIpc) is 1.94. The Morgan fingerprint density at radius 1 is 1.38 bits per heavy atom. The van der Waals surface area contributed by atoms with Gasteiger partial charge in [-0.05, 0) is 39.4 Å². The minimum absolute atomic E-state index is 0.962. The molecule has 0 amide bonds. The summed E-state index contributed by atoms with van der Waals surface area (Å²) in [5.41, 5.74) is 0. The van der Waals surface area contributed by atoms with Crippen LogP contribution < -0.4 is 0 Å². The molecule has 1 nitrogen and oxygen atoms in total. The van der Waals surface area contributed by atoms with Gasteiger partial charge < -0.3 is 4.43 Å². The minimum Gasteiger partial charge on any atom is -0.548 e. The van der Waals surface area contributed by atoms with Crippen molar-refractivity contribution in [2.75, 3.05) is 0 Å². The van der Waals surface area contributed by atoms with E-state index in [9.17, 15) is 0 Å². The molecule has 0 heterocycles. The topological polar surface area (TPSA) is 9.23 Å². The molecule has 0 aliphatic carbocycles. The number of allylic oxidation sites excluding steroid dienone is 3. The maximum absolute atomic E-state index is 5.74. The van der Waals surface area contributed by atoms with Gasteiger partial charge in [-0.15, -0.1) is 0 Å². The lowest BCUT2D eigenvalue weighted by Gasteiger charge is -2.20. The summed E-state index contributed by atoms with van der Waals surface area (Å²) in [5, 5.41) is 0. The molecule has 0 unspecified atom stereocenters. The van der Waals surface area contributed by atoms with E-state index < -0.39 is 8.32 Å². The average molecular weight is 198 g/mol. The molecule has 0 aliphatic heterocycles. The Hall–Kier alpha value is -0.503. The van der Waals surface area contributed by atoms with Crippen molar-refractivity contribution < 1.29 is 4.43 Å². The molecule has 0 rings (SSSR count). The number of hydrogen-bond acceptors (Lipinski definition) is 1. The second-order valence-corrected chi connectivity index (χ2v) is 8.64. The van der Waals surface area contributed by atoms with E-state index in [1.165, 1.54) is 0 Å². The molecule has 0 aromatic heterocycles. The van der Waals surface area contributed by atoms with Crippen LogP contribution in [0.25, 0.3) is 0 Å². The fourth-order valence-corrected chi connectivity index (χ4v) is 2.04. The lowest BCUT2D eigenvalue weighted by molar-refractivity contribution is 0.398. The highest BCUT2D eigenvalue weighted by Gasteiger charge is 2.16. The van der Waals surface area contributed by atoms with Crippen molar-refractivity contribution in [3.8, 4) is 0 Å². The second kappa shape index (κ2) is 6.03. The summed E-state index contributed by atoms with van der Waals surface area (Å²) in [4.78, 5) is 0. The number of unbranched alkanes of at least 4 members (excludes halogenated alkanes) is 1. The maximum Gasteiger partial charge on any atom is 0.241 e. The van der Waals surface area contributed by atoms with Crippen LogP contribution in [0.4, 0.5) is 0 Å². The summed E-state index contributed by atoms with van der Waals surface area (Å²) in [7, 11) is -1.41. The smallest absolute Gasteiger partial charge is 0.241 e. The minimum atomic E-state index is -1.41. The van der Waals surface area contributed by atoms with Gasteiger partial charge in [-0.25, -0.2) is 0 Å². The van der Waals surface area contributed by atoms with Gasteiger partial charge in [-0.1, -0.05) is 18.7 Å². The van der Waals surface area contributed by atoms with Crippen molar-refractivity contribution in [1.29, 1.82) is 0 Å². The van der Waals surface area contributed by atoms with Crippen molar-refractivity contribution in [2.45, 2.75) is 45.8 Å². The molecule has 0 atom stereocenters. The molecule has 0 N–H and O–H groups in total. The Kier molecular flexibility index (Phi) is 5.79. The summed E-state index contributed by atoms with van der Waals surface area (Å²) in [6.07, 6.45) is 7.54. The lowest BCUT2D eigenvalue weighted by atomic mass is 10.2. The van der Waals surface area contributed by atoms with Gasteiger partial charge in [0.05, 0.1) is 5.76 Å². The van der Waals surface area contributed by atoms with Gasteiger partial charge in [0.15, 0.2) is 0 Å². The van der Waals surface area contributed by atoms with Crippen LogP contribution in [-0.4, -0.2) is 8.32 Å². The van der Waals surface area contributed by atoms with Crippen molar-refractivity contribution in [3.05, 3.63) is 24.5 Å². The Balaban J connectivity index is 3.52. The highest BCUT2D eigenvalue weighted by molar-refractivity contribution is 6.70. The van der Waals surface area contributed by atoms with E-state index in [0.717, 1.165) is 25.0 Å². The monoisotopic (exact) mass is 198 g/mol. The maximum atomic E-state index is 5.74. The van der Waals surface area contributed by atoms with E-state index in [4.69, 9.17) is 4.43 Å². The molecule has 13 heavy (non-hydrogen) atoms. The molecule has 2 heteroatoms. The zero-order valence-electron chi connectivity index (χ0n) is 9.39. The summed E-state index contributed by atoms with van der Waals surface area (Å²) < 4.78 is 5.74. The second-order valence-electron chi connectivity index (χ2n) is 4.21. The molecule has 0 aromatic carbocycles. The molecule has 76 valence electrons. The predicted molar refractivity (Wildman–Crippen MR) is 62.2 cm³/mol. The van der Waals surface area contributed by atoms with E-state index in [1.54, 1.807) is 0 Å². The third-order valence-electron chi connectivity index (χ3n) is 1.51. The van der Waals surface area contributed by atoms with Crippen LogP contribution in [0.15, 0.2) is 24.5 Å². The Labute approximate surface area is 83.6 Å². The van der Waals surface area contributed by atoms with Crippen LogP contribution in [0.3, 0.4) is 0 Å². The first-order valence-corrected chi connectivity index (χ1v) is 8.34. The van der Waals surface area contributed by atoms with Crippen molar-refractivity contribution >= 4 is 8.32 Å². The molecular weight excluding hydrogens is 176 g/mol. The summed E-state index contributed by atoms with van der Waals surface area (Å²) in [5.74, 6) is 0.962. The zero-order valence-corrected chi connectivity index (χ0v) is 10.4. The third-order valence-corrected chi connectivity index (χ3v) is 2.41. The van der Waals surface area contributed by atoms with Crippen LogP contribution in [0, 0.1) is 0 Å². The quantitative estimate of drug-likeness (QED) is 0.270. The SMILES string of the molecule is C=C(CCCC=CC)O[Si](C)(C)C. The largest absolute Gasteiger partial charge is 0.548 e. The first-order chi connectivity index (χ1) is 5.95. The van der Waals surface area contributed by atoms with Gasteiger partial charge in [0.1, 0.15) is 0 Å². The van der Waals surface area contributed by atoms with Gasteiger partial charge >= 0.3 is 0 Å². The number of rotatable bonds is 6. The van der Waals surface area contributed by atoms with Crippen LogP contribution in [0.2, 0.25) is 19.6 Å². The summed E-state index contributed by atoms with van der Waals surface area (Å²) in [6.45, 7) is 12.5. The standard InChI is InChI=1S/C11H22OSi/c1-6-7-8-9-10-11(2)12-13(3,4)5/h6-7H,2,8-10H2,1,3-5H3. The van der Waals surface area contributed by atoms with Crippen LogP contribution >= 0.6 is 0 Å². The van der Waals surface area contributed by atoms with E-state index in [1.807, 2.05) is 6.92 Å². The zero-order chi connectivity index (χ0) is 10.3. The highest BCUT2D eigenvalue weighted by Crippen LogP contribution is 2.14. The van der Waals surface area contributed by atoms with Gasteiger partial charge in [0.25, 0.3) is 0 Å². The summed E-state index contributed by atoms with van der Waals surface area (Å²) >= 11 is 0. The molecular formula is C11H22OSi. The van der Waals surface area contributed by atoms with Crippen molar-refractivity contribution in [2.24, 2.45) is 0 Å². The molecule has 0 aromatic rings. The van der Waals surface area contributed by atoms with E-state index >= 15 is 0 Å².